The number of anilines is 1. The Morgan fingerprint density at radius 1 is 0.975 bits per heavy atom. The predicted octanol–water partition coefficient (Wildman–Crippen LogP) is 5.54. The zero-order valence-corrected chi connectivity index (χ0v) is 23.9. The van der Waals surface area contributed by atoms with Gasteiger partial charge in [0.2, 0.25) is 11.8 Å². The van der Waals surface area contributed by atoms with Crippen molar-refractivity contribution in [1.82, 2.24) is 10.2 Å². The topological polar surface area (TPSA) is 86.8 Å². The quantitative estimate of drug-likeness (QED) is 0.338. The standard InChI is InChI=1S/C30H33ClFN3O4S/c1-22(30(37)33-24-13-7-3-8-14-24)34(20-23-11-5-2-6-12-23)29(36)21-35(25-17-18-28(32)27(31)19-25)40(38,39)26-15-9-4-10-16-26/h2,4-6,9-12,15-19,22,24H,3,7-8,13-14,20-21H2,1H3,(H,33,37)/t22-/m1/s1. The van der Waals surface area contributed by atoms with E-state index in [1.807, 2.05) is 30.3 Å². The number of hydrogen-bond donors (Lipinski definition) is 1. The first-order valence-electron chi connectivity index (χ1n) is 13.3. The second kappa shape index (κ2) is 13.3. The predicted molar refractivity (Wildman–Crippen MR) is 154 cm³/mol. The van der Waals surface area contributed by atoms with Gasteiger partial charge in [0.05, 0.1) is 15.6 Å². The summed E-state index contributed by atoms with van der Waals surface area (Å²) in [5.74, 6) is -1.60. The van der Waals surface area contributed by atoms with E-state index in [2.05, 4.69) is 5.32 Å². The van der Waals surface area contributed by atoms with E-state index in [1.165, 1.54) is 29.2 Å². The van der Waals surface area contributed by atoms with Crippen molar-refractivity contribution in [3.8, 4) is 0 Å². The highest BCUT2D eigenvalue weighted by Crippen LogP contribution is 2.28. The van der Waals surface area contributed by atoms with Gasteiger partial charge in [-0.25, -0.2) is 12.8 Å². The van der Waals surface area contributed by atoms with Crippen LogP contribution in [0, 0.1) is 5.82 Å². The zero-order chi connectivity index (χ0) is 28.7. The van der Waals surface area contributed by atoms with Crippen LogP contribution in [0.2, 0.25) is 5.02 Å². The first kappa shape index (κ1) is 29.6. The van der Waals surface area contributed by atoms with Gasteiger partial charge in [0.15, 0.2) is 0 Å². The number of halogens is 2. The van der Waals surface area contributed by atoms with E-state index >= 15 is 0 Å². The van der Waals surface area contributed by atoms with E-state index in [0.29, 0.717) is 0 Å². The molecule has 1 aliphatic carbocycles. The first-order chi connectivity index (χ1) is 19.2. The number of sulfonamides is 1. The Morgan fingerprint density at radius 2 is 1.60 bits per heavy atom. The number of amides is 2. The molecule has 4 rings (SSSR count). The van der Waals surface area contributed by atoms with E-state index < -0.39 is 34.3 Å². The third-order valence-electron chi connectivity index (χ3n) is 7.12. The van der Waals surface area contributed by atoms with Crippen LogP contribution in [0.4, 0.5) is 10.1 Å². The molecule has 1 fully saturated rings. The Hall–Kier alpha value is -3.43. The Balaban J connectivity index is 1.67. The van der Waals surface area contributed by atoms with Crippen LogP contribution in [-0.4, -0.2) is 43.8 Å². The van der Waals surface area contributed by atoms with Gasteiger partial charge in [-0.3, -0.25) is 13.9 Å². The highest BCUT2D eigenvalue weighted by Gasteiger charge is 2.33. The van der Waals surface area contributed by atoms with Crippen LogP contribution in [0.15, 0.2) is 83.8 Å². The molecule has 1 aliphatic rings. The van der Waals surface area contributed by atoms with Crippen LogP contribution < -0.4 is 9.62 Å². The van der Waals surface area contributed by atoms with Gasteiger partial charge in [-0.2, -0.15) is 0 Å². The van der Waals surface area contributed by atoms with Crippen molar-refractivity contribution in [2.45, 2.75) is 62.6 Å². The first-order valence-corrected chi connectivity index (χ1v) is 15.1. The van der Waals surface area contributed by atoms with Crippen molar-refractivity contribution in [3.63, 3.8) is 0 Å². The lowest BCUT2D eigenvalue weighted by Crippen LogP contribution is -2.53. The number of nitrogens with one attached hydrogen (secondary N) is 1. The molecule has 0 unspecified atom stereocenters. The van der Waals surface area contributed by atoms with Crippen LogP contribution in [0.3, 0.4) is 0 Å². The minimum Gasteiger partial charge on any atom is -0.352 e. The number of rotatable bonds is 10. The minimum atomic E-state index is -4.25. The van der Waals surface area contributed by atoms with Gasteiger partial charge in [0, 0.05) is 12.6 Å². The number of carbonyl (C=O) groups excluding carboxylic acids is 2. The van der Waals surface area contributed by atoms with Crippen molar-refractivity contribution >= 4 is 39.1 Å². The average Bonchev–Trinajstić information content (AvgIpc) is 2.97. The van der Waals surface area contributed by atoms with Gasteiger partial charge in [-0.05, 0) is 55.7 Å². The van der Waals surface area contributed by atoms with Crippen molar-refractivity contribution < 1.29 is 22.4 Å². The molecular formula is C30H33ClFN3O4S. The van der Waals surface area contributed by atoms with E-state index in [9.17, 15) is 22.4 Å². The molecule has 0 radical (unpaired) electrons. The summed E-state index contributed by atoms with van der Waals surface area (Å²) in [6, 6.07) is 19.5. The molecule has 0 spiro atoms. The molecule has 0 aromatic heterocycles. The summed E-state index contributed by atoms with van der Waals surface area (Å²) in [6.45, 7) is 1.12. The average molecular weight is 586 g/mol. The van der Waals surface area contributed by atoms with Crippen molar-refractivity contribution in [3.05, 3.63) is 95.3 Å². The maximum Gasteiger partial charge on any atom is 0.264 e. The summed E-state index contributed by atoms with van der Waals surface area (Å²) in [7, 11) is -4.25. The summed E-state index contributed by atoms with van der Waals surface area (Å²) < 4.78 is 42.4. The lowest BCUT2D eigenvalue weighted by atomic mass is 9.95. The third-order valence-corrected chi connectivity index (χ3v) is 9.19. The molecule has 7 nitrogen and oxygen atoms in total. The van der Waals surface area contributed by atoms with Crippen molar-refractivity contribution in [2.75, 3.05) is 10.8 Å². The normalized spacial score (nSPS) is 14.8. The Bertz CT molecular complexity index is 1420. The zero-order valence-electron chi connectivity index (χ0n) is 22.3. The molecule has 3 aromatic rings. The van der Waals surface area contributed by atoms with Crippen molar-refractivity contribution in [1.29, 1.82) is 0 Å². The van der Waals surface area contributed by atoms with E-state index in [0.717, 1.165) is 48.0 Å². The van der Waals surface area contributed by atoms with Crippen LogP contribution in [0.1, 0.15) is 44.6 Å². The largest absolute Gasteiger partial charge is 0.352 e. The summed E-state index contributed by atoms with van der Waals surface area (Å²) >= 11 is 6.00. The lowest BCUT2D eigenvalue weighted by Gasteiger charge is -2.33. The fraction of sp³-hybridized carbons (Fsp3) is 0.333. The molecule has 1 N–H and O–H groups in total. The molecule has 0 saturated heterocycles. The maximum atomic E-state index is 14.0. The maximum absolute atomic E-state index is 14.0. The van der Waals surface area contributed by atoms with Gasteiger partial charge in [0.25, 0.3) is 10.0 Å². The molecule has 40 heavy (non-hydrogen) atoms. The smallest absolute Gasteiger partial charge is 0.264 e. The number of benzene rings is 3. The summed E-state index contributed by atoms with van der Waals surface area (Å²) in [6.07, 6.45) is 5.00. The van der Waals surface area contributed by atoms with Gasteiger partial charge in [-0.15, -0.1) is 0 Å². The van der Waals surface area contributed by atoms with Gasteiger partial charge in [0.1, 0.15) is 18.4 Å². The van der Waals surface area contributed by atoms with Crippen LogP contribution in [0.5, 0.6) is 0 Å². The highest BCUT2D eigenvalue weighted by molar-refractivity contribution is 7.92. The Labute approximate surface area is 240 Å². The number of carbonyl (C=O) groups is 2. The molecule has 1 atom stereocenters. The number of nitrogens with zero attached hydrogens (tertiary/aromatic N) is 2. The fourth-order valence-corrected chi connectivity index (χ4v) is 6.42. The van der Waals surface area contributed by atoms with Crippen LogP contribution >= 0.6 is 11.6 Å². The minimum absolute atomic E-state index is 0.0302. The molecule has 0 heterocycles. The van der Waals surface area contributed by atoms with E-state index in [4.69, 9.17) is 11.6 Å². The highest BCUT2D eigenvalue weighted by atomic mass is 35.5. The van der Waals surface area contributed by atoms with Gasteiger partial charge >= 0.3 is 0 Å². The molecule has 3 aromatic carbocycles. The fourth-order valence-electron chi connectivity index (χ4n) is 4.82. The molecule has 2 amide bonds. The number of hydrogen-bond acceptors (Lipinski definition) is 4. The SMILES string of the molecule is C[C@H](C(=O)NC1CCCCC1)N(Cc1ccccc1)C(=O)CN(c1ccc(F)c(Cl)c1)S(=O)(=O)c1ccccc1. The van der Waals surface area contributed by atoms with Crippen LogP contribution in [0.25, 0.3) is 0 Å². The third kappa shape index (κ3) is 7.20. The molecular weight excluding hydrogens is 553 g/mol. The second-order valence-corrected chi connectivity index (χ2v) is 12.2. The second-order valence-electron chi connectivity index (χ2n) is 9.95. The van der Waals surface area contributed by atoms with Crippen molar-refractivity contribution in [2.24, 2.45) is 0 Å². The molecule has 0 aliphatic heterocycles. The van der Waals surface area contributed by atoms with E-state index in [-0.39, 0.29) is 34.1 Å². The lowest BCUT2D eigenvalue weighted by molar-refractivity contribution is -0.139. The summed E-state index contributed by atoms with van der Waals surface area (Å²) in [5.41, 5.74) is 0.818. The van der Waals surface area contributed by atoms with Gasteiger partial charge < -0.3 is 10.2 Å². The van der Waals surface area contributed by atoms with Gasteiger partial charge in [-0.1, -0.05) is 79.4 Å². The summed E-state index contributed by atoms with van der Waals surface area (Å²) in [4.78, 5) is 28.6. The van der Waals surface area contributed by atoms with E-state index in [1.54, 1.807) is 25.1 Å². The van der Waals surface area contributed by atoms with Crippen LogP contribution in [-0.2, 0) is 26.2 Å². The monoisotopic (exact) mass is 585 g/mol. The Kier molecular flexibility index (Phi) is 9.81. The molecule has 0 bridgehead atoms. The summed E-state index contributed by atoms with van der Waals surface area (Å²) in [5, 5.41) is 2.79. The Morgan fingerprint density at radius 3 is 2.23 bits per heavy atom. The molecule has 1 saturated carbocycles. The molecule has 212 valence electrons. The molecule has 10 heteroatoms.